The molecule has 9 heteroatoms. The van der Waals surface area contributed by atoms with Crippen molar-refractivity contribution in [2.75, 3.05) is 13.1 Å². The van der Waals surface area contributed by atoms with Gasteiger partial charge in [-0.1, -0.05) is 17.7 Å². The van der Waals surface area contributed by atoms with E-state index in [1.54, 1.807) is 31.2 Å². The third kappa shape index (κ3) is 3.62. The minimum atomic E-state index is -3.79. The summed E-state index contributed by atoms with van der Waals surface area (Å²) in [6.45, 7) is 1.74. The van der Waals surface area contributed by atoms with Crippen LogP contribution in [-0.4, -0.2) is 39.5 Å². The zero-order valence-corrected chi connectivity index (χ0v) is 15.9. The van der Waals surface area contributed by atoms with Crippen molar-refractivity contribution in [2.45, 2.75) is 29.2 Å². The molecule has 0 amide bonds. The molecule has 136 valence electrons. The van der Waals surface area contributed by atoms with Crippen LogP contribution in [-0.2, 0) is 25.6 Å². The number of rotatable bonds is 5. The fourth-order valence-electron chi connectivity index (χ4n) is 2.93. The highest BCUT2D eigenvalue weighted by molar-refractivity contribution is 7.91. The number of hydrogen-bond donors (Lipinski definition) is 0. The molecule has 2 heterocycles. The Kier molecular flexibility index (Phi) is 4.98. The molecule has 0 bridgehead atoms. The molecule has 0 aliphatic carbocycles. The fraction of sp³-hybridized carbons (Fsp3) is 0.375. The van der Waals surface area contributed by atoms with Crippen molar-refractivity contribution in [1.29, 1.82) is 0 Å². The highest BCUT2D eigenvalue weighted by Gasteiger charge is 2.39. The SMILES string of the molecule is Cc1c(Cl)cccc1S(=O)(=O)N1CCC(S(=O)(=O)Cc2ccco2)C1. The molecule has 1 unspecified atom stereocenters. The van der Waals surface area contributed by atoms with Crippen LogP contribution in [0, 0.1) is 6.92 Å². The third-order valence-corrected chi connectivity index (χ3v) is 8.88. The molecule has 6 nitrogen and oxygen atoms in total. The molecule has 1 aliphatic rings. The van der Waals surface area contributed by atoms with E-state index in [2.05, 4.69) is 0 Å². The highest BCUT2D eigenvalue weighted by atomic mass is 35.5. The Morgan fingerprint density at radius 1 is 1.20 bits per heavy atom. The molecule has 1 saturated heterocycles. The summed E-state index contributed by atoms with van der Waals surface area (Å²) >= 11 is 6.02. The number of nitrogens with zero attached hydrogens (tertiary/aromatic N) is 1. The van der Waals surface area contributed by atoms with E-state index in [0.29, 0.717) is 16.3 Å². The normalized spacial score (nSPS) is 19.4. The maximum Gasteiger partial charge on any atom is 0.243 e. The predicted octanol–water partition coefficient (Wildman–Crippen LogP) is 2.62. The molecule has 1 atom stereocenters. The van der Waals surface area contributed by atoms with Crippen LogP contribution in [0.4, 0.5) is 0 Å². The molecular weight excluding hydrogens is 386 g/mol. The van der Waals surface area contributed by atoms with Gasteiger partial charge in [-0.15, -0.1) is 0 Å². The van der Waals surface area contributed by atoms with Gasteiger partial charge in [-0.05, 0) is 43.2 Å². The van der Waals surface area contributed by atoms with Gasteiger partial charge in [-0.2, -0.15) is 4.31 Å². The zero-order chi connectivity index (χ0) is 18.2. The topological polar surface area (TPSA) is 84.7 Å². The second-order valence-electron chi connectivity index (χ2n) is 6.02. The van der Waals surface area contributed by atoms with E-state index in [1.165, 1.54) is 16.6 Å². The smallest absolute Gasteiger partial charge is 0.243 e. The molecule has 0 N–H and O–H groups in total. The van der Waals surface area contributed by atoms with E-state index in [0.717, 1.165) is 0 Å². The van der Waals surface area contributed by atoms with E-state index in [4.69, 9.17) is 16.0 Å². The number of hydrogen-bond acceptors (Lipinski definition) is 5. The fourth-order valence-corrected chi connectivity index (χ4v) is 6.67. The average Bonchev–Trinajstić information content (AvgIpc) is 3.21. The van der Waals surface area contributed by atoms with Crippen molar-refractivity contribution in [3.63, 3.8) is 0 Å². The third-order valence-electron chi connectivity index (χ3n) is 4.37. The van der Waals surface area contributed by atoms with Crippen molar-refractivity contribution >= 4 is 31.5 Å². The van der Waals surface area contributed by atoms with Gasteiger partial charge in [-0.25, -0.2) is 16.8 Å². The molecule has 1 aromatic carbocycles. The molecule has 25 heavy (non-hydrogen) atoms. The number of sulfonamides is 1. The minimum absolute atomic E-state index is 0.0582. The molecule has 1 aliphatic heterocycles. The van der Waals surface area contributed by atoms with Crippen LogP contribution in [0.1, 0.15) is 17.7 Å². The van der Waals surface area contributed by atoms with Gasteiger partial charge in [0, 0.05) is 18.1 Å². The summed E-state index contributed by atoms with van der Waals surface area (Å²) in [5.74, 6) is 0.126. The van der Waals surface area contributed by atoms with Crippen molar-refractivity contribution < 1.29 is 21.3 Å². The van der Waals surface area contributed by atoms with Crippen LogP contribution in [0.3, 0.4) is 0 Å². The van der Waals surface area contributed by atoms with Crippen LogP contribution in [0.2, 0.25) is 5.02 Å². The monoisotopic (exact) mass is 403 g/mol. The summed E-state index contributed by atoms with van der Waals surface area (Å²) in [4.78, 5) is 0.115. The molecule has 3 rings (SSSR count). The number of sulfone groups is 1. The van der Waals surface area contributed by atoms with Gasteiger partial charge in [-0.3, -0.25) is 0 Å². The van der Waals surface area contributed by atoms with E-state index >= 15 is 0 Å². The number of furan rings is 1. The average molecular weight is 404 g/mol. The lowest BCUT2D eigenvalue weighted by atomic mass is 10.2. The first-order chi connectivity index (χ1) is 11.7. The summed E-state index contributed by atoms with van der Waals surface area (Å²) in [6.07, 6.45) is 1.68. The summed E-state index contributed by atoms with van der Waals surface area (Å²) < 4.78 is 57.1. The standard InChI is InChI=1S/C16H18ClNO5S2/c1-12-15(17)5-2-6-16(12)25(21,22)18-8-7-14(10-18)24(19,20)11-13-4-3-9-23-13/h2-6,9,14H,7-8,10-11H2,1H3. The summed E-state index contributed by atoms with van der Waals surface area (Å²) in [5, 5.41) is -0.380. The second-order valence-corrected chi connectivity index (χ2v) is 10.6. The van der Waals surface area contributed by atoms with Gasteiger partial charge in [0.25, 0.3) is 0 Å². The Balaban J connectivity index is 1.81. The molecule has 2 aromatic rings. The van der Waals surface area contributed by atoms with Crippen molar-refractivity contribution in [1.82, 2.24) is 4.31 Å². The molecule has 0 saturated carbocycles. The predicted molar refractivity (Wildman–Crippen MR) is 94.7 cm³/mol. The summed E-state index contributed by atoms with van der Waals surface area (Å²) in [5.41, 5.74) is 0.464. The van der Waals surface area contributed by atoms with Crippen molar-refractivity contribution in [3.8, 4) is 0 Å². The first-order valence-electron chi connectivity index (χ1n) is 7.71. The van der Waals surface area contributed by atoms with Gasteiger partial charge < -0.3 is 4.42 Å². The first-order valence-corrected chi connectivity index (χ1v) is 11.2. The number of benzene rings is 1. The Labute approximate surface area is 152 Å². The van der Waals surface area contributed by atoms with Gasteiger partial charge in [0.05, 0.1) is 16.4 Å². The van der Waals surface area contributed by atoms with E-state index in [1.807, 2.05) is 0 Å². The zero-order valence-electron chi connectivity index (χ0n) is 13.6. The Hall–Kier alpha value is -1.35. The van der Waals surface area contributed by atoms with Crippen molar-refractivity contribution in [2.24, 2.45) is 0 Å². The molecule has 0 radical (unpaired) electrons. The highest BCUT2D eigenvalue weighted by Crippen LogP contribution is 2.30. The number of halogens is 1. The molecule has 0 spiro atoms. The van der Waals surface area contributed by atoms with Crippen LogP contribution in [0.5, 0.6) is 0 Å². The van der Waals surface area contributed by atoms with Gasteiger partial charge >= 0.3 is 0 Å². The Morgan fingerprint density at radius 2 is 1.96 bits per heavy atom. The summed E-state index contributed by atoms with van der Waals surface area (Å²) in [6, 6.07) is 7.90. The van der Waals surface area contributed by atoms with E-state index < -0.39 is 25.1 Å². The maximum absolute atomic E-state index is 12.9. The lowest BCUT2D eigenvalue weighted by Crippen LogP contribution is -2.32. The van der Waals surface area contributed by atoms with E-state index in [9.17, 15) is 16.8 Å². The molecule has 1 fully saturated rings. The molecule has 1 aromatic heterocycles. The second kappa shape index (κ2) is 6.75. The van der Waals surface area contributed by atoms with Crippen LogP contribution >= 0.6 is 11.6 Å². The van der Waals surface area contributed by atoms with Crippen LogP contribution < -0.4 is 0 Å². The largest absolute Gasteiger partial charge is 0.468 e. The lowest BCUT2D eigenvalue weighted by Gasteiger charge is -2.18. The van der Waals surface area contributed by atoms with Gasteiger partial charge in [0.1, 0.15) is 11.5 Å². The molecular formula is C16H18ClNO5S2. The van der Waals surface area contributed by atoms with E-state index in [-0.39, 0.29) is 30.2 Å². The Morgan fingerprint density at radius 3 is 2.64 bits per heavy atom. The lowest BCUT2D eigenvalue weighted by molar-refractivity contribution is 0.475. The first kappa shape index (κ1) is 18.4. The minimum Gasteiger partial charge on any atom is -0.468 e. The summed E-state index contributed by atoms with van der Waals surface area (Å²) in [7, 11) is -7.29. The maximum atomic E-state index is 12.9. The quantitative estimate of drug-likeness (QED) is 0.766. The van der Waals surface area contributed by atoms with Crippen LogP contribution in [0.15, 0.2) is 45.9 Å². The van der Waals surface area contributed by atoms with Crippen molar-refractivity contribution in [3.05, 3.63) is 52.9 Å². The Bertz CT molecular complexity index is 968. The van der Waals surface area contributed by atoms with Crippen LogP contribution in [0.25, 0.3) is 0 Å². The van der Waals surface area contributed by atoms with Gasteiger partial charge in [0.2, 0.25) is 10.0 Å². The van der Waals surface area contributed by atoms with Gasteiger partial charge in [0.15, 0.2) is 9.84 Å².